The Kier molecular flexibility index (Phi) is 2.60. The van der Waals surface area contributed by atoms with E-state index in [4.69, 9.17) is 11.6 Å². The molecule has 0 saturated heterocycles. The molecule has 15 heavy (non-hydrogen) atoms. The van der Waals surface area contributed by atoms with Crippen LogP contribution in [0.2, 0.25) is 0 Å². The highest BCUT2D eigenvalue weighted by molar-refractivity contribution is 6.38. The van der Waals surface area contributed by atoms with Crippen LogP contribution < -0.4 is 0 Å². The number of fused-ring (bicyclic) bond motifs is 2. The second-order valence-electron chi connectivity index (χ2n) is 3.37. The molecule has 0 fully saturated rings. The number of nitrogens with zero attached hydrogens (tertiary/aromatic N) is 1. The standard InChI is InChI=1S/C7H3ClO.C5H7N/c8-6-3-4-1-2-5(6)7(4)9;1-6-4-2-3-5-6/h1-3H;2-5H,1H3. The number of allylic oxidation sites excluding steroid dienone is 6. The number of rotatable bonds is 0. The lowest BCUT2D eigenvalue weighted by atomic mass is 10.2. The van der Waals surface area contributed by atoms with Gasteiger partial charge in [0.2, 0.25) is 0 Å². The Hall–Kier alpha value is -1.54. The van der Waals surface area contributed by atoms with Crippen molar-refractivity contribution in [3.05, 3.63) is 58.9 Å². The molecule has 1 aromatic heterocycles. The molecule has 0 N–H and O–H groups in total. The van der Waals surface area contributed by atoms with Crippen molar-refractivity contribution in [3.63, 3.8) is 0 Å². The van der Waals surface area contributed by atoms with Crippen molar-refractivity contribution in [2.24, 2.45) is 7.05 Å². The van der Waals surface area contributed by atoms with Crippen LogP contribution in [0, 0.1) is 0 Å². The van der Waals surface area contributed by atoms with Gasteiger partial charge in [0.25, 0.3) is 0 Å². The number of aryl methyl sites for hydroxylation is 1. The Balaban J connectivity index is 0.000000124. The first kappa shape index (κ1) is 9.99. The summed E-state index contributed by atoms with van der Waals surface area (Å²) in [5.74, 6) is 0.0694. The molecular weight excluding hydrogens is 210 g/mol. The van der Waals surface area contributed by atoms with Gasteiger partial charge in [-0.15, -0.1) is 0 Å². The average Bonchev–Trinajstić information content (AvgIpc) is 2.86. The van der Waals surface area contributed by atoms with Gasteiger partial charge >= 0.3 is 0 Å². The Morgan fingerprint density at radius 1 is 1.20 bits per heavy atom. The molecule has 1 heterocycles. The zero-order chi connectivity index (χ0) is 10.8. The SMILES string of the molecule is Cn1cccc1.O=C1C2=CC(Cl)=C1C=C2. The van der Waals surface area contributed by atoms with Crippen molar-refractivity contribution in [2.75, 3.05) is 0 Å². The van der Waals surface area contributed by atoms with Gasteiger partial charge in [-0.2, -0.15) is 0 Å². The van der Waals surface area contributed by atoms with Gasteiger partial charge in [0.1, 0.15) is 0 Å². The maximum Gasteiger partial charge on any atom is 0.194 e. The van der Waals surface area contributed by atoms with Crippen LogP contribution >= 0.6 is 11.6 Å². The largest absolute Gasteiger partial charge is 0.357 e. The number of ketones is 1. The first-order valence-corrected chi connectivity index (χ1v) is 4.97. The summed E-state index contributed by atoms with van der Waals surface area (Å²) < 4.78 is 2.00. The van der Waals surface area contributed by atoms with Gasteiger partial charge in [0.15, 0.2) is 5.78 Å². The van der Waals surface area contributed by atoms with E-state index in [9.17, 15) is 4.79 Å². The lowest BCUT2D eigenvalue weighted by molar-refractivity contribution is -0.111. The third kappa shape index (κ3) is 1.95. The van der Waals surface area contributed by atoms with E-state index in [1.165, 1.54) is 0 Å². The number of carbonyl (C=O) groups is 1. The average molecular weight is 220 g/mol. The molecule has 0 atom stereocenters. The van der Waals surface area contributed by atoms with E-state index in [1.807, 2.05) is 36.1 Å². The second-order valence-corrected chi connectivity index (χ2v) is 3.78. The topological polar surface area (TPSA) is 22.0 Å². The highest BCUT2D eigenvalue weighted by Gasteiger charge is 2.25. The molecule has 0 aromatic carbocycles. The molecule has 2 aliphatic carbocycles. The van der Waals surface area contributed by atoms with Gasteiger partial charge in [-0.3, -0.25) is 4.79 Å². The van der Waals surface area contributed by atoms with Crippen LogP contribution in [0.5, 0.6) is 0 Å². The highest BCUT2D eigenvalue weighted by atomic mass is 35.5. The molecule has 2 nitrogen and oxygen atoms in total. The maximum absolute atomic E-state index is 10.9. The molecule has 3 rings (SSSR count). The Morgan fingerprint density at radius 2 is 1.87 bits per heavy atom. The van der Waals surface area contributed by atoms with Gasteiger partial charge in [-0.05, 0) is 24.3 Å². The van der Waals surface area contributed by atoms with Crippen LogP contribution in [-0.2, 0) is 11.8 Å². The minimum Gasteiger partial charge on any atom is -0.357 e. The molecule has 3 heteroatoms. The molecule has 0 aliphatic heterocycles. The molecule has 0 unspecified atom stereocenters. The number of hydrogen-bond acceptors (Lipinski definition) is 1. The molecule has 0 saturated carbocycles. The quantitative estimate of drug-likeness (QED) is 0.658. The van der Waals surface area contributed by atoms with Crippen LogP contribution in [-0.4, -0.2) is 10.4 Å². The number of halogens is 1. The van der Waals surface area contributed by atoms with Crippen molar-refractivity contribution in [1.82, 2.24) is 4.57 Å². The fourth-order valence-corrected chi connectivity index (χ4v) is 1.68. The van der Waals surface area contributed by atoms with Crippen LogP contribution in [0.3, 0.4) is 0 Å². The minimum atomic E-state index is 0.0694. The van der Waals surface area contributed by atoms with Gasteiger partial charge < -0.3 is 4.57 Å². The van der Waals surface area contributed by atoms with Crippen molar-refractivity contribution in [2.45, 2.75) is 0 Å². The molecule has 2 bridgehead atoms. The third-order valence-electron chi connectivity index (χ3n) is 2.23. The van der Waals surface area contributed by atoms with Gasteiger partial charge in [-0.25, -0.2) is 0 Å². The summed E-state index contributed by atoms with van der Waals surface area (Å²) in [4.78, 5) is 10.9. The first-order valence-electron chi connectivity index (χ1n) is 4.59. The van der Waals surface area contributed by atoms with Crippen LogP contribution in [0.15, 0.2) is 58.9 Å². The summed E-state index contributed by atoms with van der Waals surface area (Å²) in [6, 6.07) is 4.00. The minimum absolute atomic E-state index is 0.0694. The molecule has 2 aliphatic rings. The predicted molar refractivity (Wildman–Crippen MR) is 60.5 cm³/mol. The zero-order valence-electron chi connectivity index (χ0n) is 8.27. The Morgan fingerprint density at radius 3 is 2.07 bits per heavy atom. The molecule has 1 aromatic rings. The van der Waals surface area contributed by atoms with E-state index in [1.54, 1.807) is 18.2 Å². The molecule has 0 amide bonds. The third-order valence-corrected chi connectivity index (χ3v) is 2.54. The normalized spacial score (nSPS) is 16.7. The van der Waals surface area contributed by atoms with Crippen LogP contribution in [0.1, 0.15) is 0 Å². The van der Waals surface area contributed by atoms with E-state index in [0.29, 0.717) is 10.6 Å². The lowest BCUT2D eigenvalue weighted by Crippen LogP contribution is -1.89. The fourth-order valence-electron chi connectivity index (χ4n) is 1.42. The van der Waals surface area contributed by atoms with Crippen molar-refractivity contribution in [3.8, 4) is 0 Å². The number of carbonyl (C=O) groups excluding carboxylic acids is 1. The highest BCUT2D eigenvalue weighted by Crippen LogP contribution is 2.31. The van der Waals surface area contributed by atoms with Gasteiger partial charge in [-0.1, -0.05) is 17.7 Å². The van der Waals surface area contributed by atoms with Gasteiger partial charge in [0, 0.05) is 30.6 Å². The molecule has 76 valence electrons. The second kappa shape index (κ2) is 3.91. The Labute approximate surface area is 93.2 Å². The number of aromatic nitrogens is 1. The summed E-state index contributed by atoms with van der Waals surface area (Å²) in [7, 11) is 2.00. The molecular formula is C12H10ClNO. The van der Waals surface area contributed by atoms with E-state index in [-0.39, 0.29) is 5.78 Å². The van der Waals surface area contributed by atoms with E-state index < -0.39 is 0 Å². The fraction of sp³-hybridized carbons (Fsp3) is 0.0833. The van der Waals surface area contributed by atoms with Crippen LogP contribution in [0.25, 0.3) is 0 Å². The first-order chi connectivity index (χ1) is 7.18. The van der Waals surface area contributed by atoms with Gasteiger partial charge in [0.05, 0.1) is 5.03 Å². The van der Waals surface area contributed by atoms with E-state index in [0.717, 1.165) is 5.57 Å². The summed E-state index contributed by atoms with van der Waals surface area (Å²) in [5, 5.41) is 0.581. The Bertz CT molecular complexity index is 478. The van der Waals surface area contributed by atoms with Crippen LogP contribution in [0.4, 0.5) is 0 Å². The smallest absolute Gasteiger partial charge is 0.194 e. The predicted octanol–water partition coefficient (Wildman–Crippen LogP) is 2.58. The summed E-state index contributed by atoms with van der Waals surface area (Å²) >= 11 is 5.63. The van der Waals surface area contributed by atoms with Crippen molar-refractivity contribution in [1.29, 1.82) is 0 Å². The zero-order valence-corrected chi connectivity index (χ0v) is 9.03. The van der Waals surface area contributed by atoms with Crippen molar-refractivity contribution < 1.29 is 4.79 Å². The maximum atomic E-state index is 10.9. The summed E-state index contributed by atoms with van der Waals surface area (Å²) in [6.45, 7) is 0. The monoisotopic (exact) mass is 219 g/mol. The van der Waals surface area contributed by atoms with Crippen molar-refractivity contribution >= 4 is 17.4 Å². The lowest BCUT2D eigenvalue weighted by Gasteiger charge is -1.84. The number of Topliss-reactive ketones (excluding diaryl/α,β-unsaturated/α-hetero) is 1. The summed E-state index contributed by atoms with van der Waals surface area (Å²) in [5.41, 5.74) is 1.36. The summed E-state index contributed by atoms with van der Waals surface area (Å²) in [6.07, 6.45) is 9.22. The molecule has 0 radical (unpaired) electrons. The molecule has 0 spiro atoms. The van der Waals surface area contributed by atoms with E-state index >= 15 is 0 Å². The van der Waals surface area contributed by atoms with E-state index in [2.05, 4.69) is 0 Å². The number of hydrogen-bond donors (Lipinski definition) is 0.